The SMILES string of the molecule is C=CC1C(c2cccc(C)c2)CC(NCc2ccc(C(=C)C)cc2)N1C1CC1.C=CCC.CC.CC.CC.Cc1ccc(Cl)cc1C. The largest absolute Gasteiger partial charge is 0.298 e. The van der Waals surface area contributed by atoms with E-state index in [-0.39, 0.29) is 0 Å². The monoisotopic (exact) mass is 658 g/mol. The molecule has 0 amide bonds. The van der Waals surface area contributed by atoms with Gasteiger partial charge in [0, 0.05) is 29.6 Å². The van der Waals surface area contributed by atoms with Gasteiger partial charge in [0.25, 0.3) is 0 Å². The fourth-order valence-corrected chi connectivity index (χ4v) is 5.57. The Bertz CT molecular complexity index is 1290. The average Bonchev–Trinajstić information content (AvgIpc) is 3.88. The van der Waals surface area contributed by atoms with E-state index in [1.54, 1.807) is 0 Å². The quantitative estimate of drug-likeness (QED) is 0.242. The van der Waals surface area contributed by atoms with Crippen molar-refractivity contribution in [1.82, 2.24) is 10.2 Å². The van der Waals surface area contributed by atoms with E-state index >= 15 is 0 Å². The lowest BCUT2D eigenvalue weighted by atomic mass is 9.90. The van der Waals surface area contributed by atoms with Crippen molar-refractivity contribution < 1.29 is 0 Å². The molecule has 1 aliphatic carbocycles. The first-order valence-corrected chi connectivity index (χ1v) is 18.3. The molecule has 0 radical (unpaired) electrons. The molecule has 260 valence electrons. The summed E-state index contributed by atoms with van der Waals surface area (Å²) in [6.07, 6.45) is 9.31. The minimum Gasteiger partial charge on any atom is -0.298 e. The molecular weight excluding hydrogens is 592 g/mol. The van der Waals surface area contributed by atoms with Gasteiger partial charge in [0.05, 0.1) is 6.17 Å². The van der Waals surface area contributed by atoms with Crippen LogP contribution in [0.5, 0.6) is 0 Å². The van der Waals surface area contributed by atoms with Crippen molar-refractivity contribution in [1.29, 1.82) is 0 Å². The molecule has 2 nitrogen and oxygen atoms in total. The highest BCUT2D eigenvalue weighted by atomic mass is 35.5. The second kappa shape index (κ2) is 25.2. The molecule has 0 aromatic heterocycles. The van der Waals surface area contributed by atoms with Gasteiger partial charge in [0.15, 0.2) is 0 Å². The van der Waals surface area contributed by atoms with Gasteiger partial charge >= 0.3 is 0 Å². The van der Waals surface area contributed by atoms with Crippen LogP contribution in [0.3, 0.4) is 0 Å². The third-order valence-electron chi connectivity index (χ3n) is 8.02. The van der Waals surface area contributed by atoms with E-state index in [1.807, 2.05) is 65.8 Å². The number of nitrogens with zero attached hydrogens (tertiary/aromatic N) is 1. The molecule has 3 aromatic rings. The zero-order valence-corrected chi connectivity index (χ0v) is 32.6. The molecule has 3 heteroatoms. The van der Waals surface area contributed by atoms with Crippen LogP contribution in [-0.4, -0.2) is 23.1 Å². The van der Waals surface area contributed by atoms with Crippen LogP contribution in [0.4, 0.5) is 0 Å². The number of benzene rings is 3. The van der Waals surface area contributed by atoms with Gasteiger partial charge in [0.2, 0.25) is 0 Å². The summed E-state index contributed by atoms with van der Waals surface area (Å²) in [7, 11) is 0. The van der Waals surface area contributed by atoms with Crippen molar-refractivity contribution in [2.24, 2.45) is 0 Å². The maximum Gasteiger partial charge on any atom is 0.0614 e. The average molecular weight is 659 g/mol. The first kappa shape index (κ1) is 44.1. The molecule has 3 aromatic carbocycles. The molecule has 0 bridgehead atoms. The van der Waals surface area contributed by atoms with Crippen molar-refractivity contribution in [3.8, 4) is 0 Å². The Morgan fingerprint density at radius 3 is 1.91 bits per heavy atom. The van der Waals surface area contributed by atoms with Crippen LogP contribution in [0.1, 0.15) is 120 Å². The maximum absolute atomic E-state index is 5.72. The van der Waals surface area contributed by atoms with E-state index in [9.17, 15) is 0 Å². The van der Waals surface area contributed by atoms with Crippen LogP contribution in [-0.2, 0) is 6.54 Å². The number of hydrogen-bond acceptors (Lipinski definition) is 2. The van der Waals surface area contributed by atoms with Gasteiger partial charge in [-0.05, 0) is 93.3 Å². The highest BCUT2D eigenvalue weighted by Crippen LogP contribution is 2.44. The van der Waals surface area contributed by atoms with Crippen LogP contribution in [0.15, 0.2) is 98.6 Å². The number of hydrogen-bond donors (Lipinski definition) is 1. The number of rotatable bonds is 8. The van der Waals surface area contributed by atoms with Crippen LogP contribution in [0, 0.1) is 20.8 Å². The molecule has 2 fully saturated rings. The third-order valence-corrected chi connectivity index (χ3v) is 8.26. The smallest absolute Gasteiger partial charge is 0.0614 e. The van der Waals surface area contributed by atoms with Crippen molar-refractivity contribution in [3.63, 3.8) is 0 Å². The van der Waals surface area contributed by atoms with Crippen LogP contribution < -0.4 is 5.32 Å². The first-order valence-electron chi connectivity index (χ1n) is 18.0. The molecule has 47 heavy (non-hydrogen) atoms. The normalized spacial score (nSPS) is 17.7. The van der Waals surface area contributed by atoms with E-state index in [0.29, 0.717) is 24.2 Å². The second-order valence-electron chi connectivity index (χ2n) is 11.5. The summed E-state index contributed by atoms with van der Waals surface area (Å²) < 4.78 is 0. The van der Waals surface area contributed by atoms with E-state index < -0.39 is 0 Å². The Kier molecular flexibility index (Phi) is 23.6. The zero-order valence-electron chi connectivity index (χ0n) is 31.8. The van der Waals surface area contributed by atoms with Gasteiger partial charge in [-0.1, -0.05) is 145 Å². The Morgan fingerprint density at radius 2 is 1.47 bits per heavy atom. The third kappa shape index (κ3) is 15.2. The lowest BCUT2D eigenvalue weighted by Gasteiger charge is -2.30. The van der Waals surface area contributed by atoms with Crippen molar-refractivity contribution in [2.45, 2.75) is 133 Å². The Morgan fingerprint density at radius 1 is 0.872 bits per heavy atom. The molecular formula is C44H67ClN2. The predicted molar refractivity (Wildman–Crippen MR) is 215 cm³/mol. The van der Waals surface area contributed by atoms with Gasteiger partial charge in [-0.2, -0.15) is 0 Å². The molecule has 1 N–H and O–H groups in total. The van der Waals surface area contributed by atoms with Crippen LogP contribution >= 0.6 is 11.6 Å². The van der Waals surface area contributed by atoms with Crippen molar-refractivity contribution >= 4 is 17.2 Å². The Hall–Kier alpha value is -2.91. The van der Waals surface area contributed by atoms with E-state index in [1.165, 1.54) is 46.2 Å². The molecule has 3 unspecified atom stereocenters. The molecule has 3 atom stereocenters. The predicted octanol–water partition coefficient (Wildman–Crippen LogP) is 13.3. The fourth-order valence-electron chi connectivity index (χ4n) is 5.34. The van der Waals surface area contributed by atoms with E-state index in [2.05, 4.69) is 119 Å². The van der Waals surface area contributed by atoms with Gasteiger partial charge < -0.3 is 0 Å². The minimum absolute atomic E-state index is 0.404. The van der Waals surface area contributed by atoms with E-state index in [0.717, 1.165) is 30.0 Å². The summed E-state index contributed by atoms with van der Waals surface area (Å²) in [5, 5.41) is 4.67. The lowest BCUT2D eigenvalue weighted by molar-refractivity contribution is 0.175. The molecule has 2 aliphatic rings. The lowest BCUT2D eigenvalue weighted by Crippen LogP contribution is -2.45. The molecule has 5 rings (SSSR count). The molecule has 1 saturated heterocycles. The summed E-state index contributed by atoms with van der Waals surface area (Å²) in [5.41, 5.74) is 9.00. The number of likely N-dealkylation sites (tertiary alicyclic amines) is 1. The van der Waals surface area contributed by atoms with Gasteiger partial charge in [-0.15, -0.1) is 13.2 Å². The molecule has 1 aliphatic heterocycles. The highest BCUT2D eigenvalue weighted by molar-refractivity contribution is 6.30. The number of aryl methyl sites for hydroxylation is 3. The molecule has 1 heterocycles. The number of nitrogens with one attached hydrogen (secondary N) is 1. The van der Waals surface area contributed by atoms with Crippen LogP contribution in [0.2, 0.25) is 5.02 Å². The van der Waals surface area contributed by atoms with Gasteiger partial charge in [0.1, 0.15) is 0 Å². The summed E-state index contributed by atoms with van der Waals surface area (Å²) >= 11 is 5.72. The fraction of sp³-hybridized carbons (Fsp3) is 0.455. The second-order valence-corrected chi connectivity index (χ2v) is 11.9. The summed E-state index contributed by atoms with van der Waals surface area (Å²) in [4.78, 5) is 2.70. The van der Waals surface area contributed by atoms with E-state index in [4.69, 9.17) is 11.6 Å². The minimum atomic E-state index is 0.404. The highest BCUT2D eigenvalue weighted by Gasteiger charge is 2.46. The summed E-state index contributed by atoms with van der Waals surface area (Å²) in [5.74, 6) is 0.515. The van der Waals surface area contributed by atoms with Gasteiger partial charge in [-0.25, -0.2) is 0 Å². The number of allylic oxidation sites excluding steroid dienone is 2. The zero-order chi connectivity index (χ0) is 35.9. The molecule has 0 spiro atoms. The van der Waals surface area contributed by atoms with Crippen LogP contribution in [0.25, 0.3) is 5.57 Å². The van der Waals surface area contributed by atoms with Gasteiger partial charge in [-0.3, -0.25) is 10.2 Å². The standard InChI is InChI=1S/C26H32N2.C8H9Cl.C4H8.3C2H6/c1-5-25-24(22-8-6-7-19(4)15-22)16-26(28(25)23-13-14-23)27-17-20-9-11-21(12-10-20)18(2)3;1-6-3-4-8(9)5-7(6)2;1-3-4-2;3*1-2/h5-12,15,23-27H,1-2,13-14,16-17H2,3-4H3;3-5H,1-2H3;3H,1,4H2,2H3;3*1-2H3. The maximum atomic E-state index is 5.72. The summed E-state index contributed by atoms with van der Waals surface area (Å²) in [6, 6.07) is 24.8. The topological polar surface area (TPSA) is 15.3 Å². The molecule has 1 saturated carbocycles. The Labute approximate surface area is 296 Å². The van der Waals surface area contributed by atoms with Crippen molar-refractivity contribution in [3.05, 3.63) is 137 Å². The van der Waals surface area contributed by atoms with Crippen molar-refractivity contribution in [2.75, 3.05) is 0 Å². The number of halogens is 1. The summed E-state index contributed by atoms with van der Waals surface area (Å²) in [6.45, 7) is 35.0. The Balaban J connectivity index is 0.000000922. The first-order chi connectivity index (χ1) is 22.7.